The Bertz CT molecular complexity index is 1030. The molecule has 2 heterocycles. The number of amides is 1. The molecule has 0 aliphatic carbocycles. The third-order valence-electron chi connectivity index (χ3n) is 5.98. The largest absolute Gasteiger partial charge is 0.355 e. The maximum atomic E-state index is 13.9. The molecule has 0 radical (unpaired) electrons. The van der Waals surface area contributed by atoms with Gasteiger partial charge in [-0.25, -0.2) is 8.78 Å². The van der Waals surface area contributed by atoms with Crippen molar-refractivity contribution >= 4 is 5.91 Å². The summed E-state index contributed by atoms with van der Waals surface area (Å²) in [5.41, 5.74) is 1.53. The number of piperidine rings is 1. The minimum absolute atomic E-state index is 0.0672. The highest BCUT2D eigenvalue weighted by atomic mass is 19.1. The van der Waals surface area contributed by atoms with Crippen molar-refractivity contribution in [2.45, 2.75) is 25.7 Å². The highest BCUT2D eigenvalue weighted by molar-refractivity contribution is 5.93. The molecule has 0 bridgehead atoms. The molecule has 0 atom stereocenters. The molecule has 1 aliphatic heterocycles. The van der Waals surface area contributed by atoms with Gasteiger partial charge in [0.05, 0.1) is 5.56 Å². The van der Waals surface area contributed by atoms with E-state index in [1.54, 1.807) is 0 Å². The van der Waals surface area contributed by atoms with Gasteiger partial charge in [-0.05, 0) is 68.9 Å². The number of nitrogens with one attached hydrogen (secondary N) is 1. The topological polar surface area (TPSA) is 58.4 Å². The number of likely N-dealkylation sites (tertiary alicyclic amines) is 1. The first-order chi connectivity index (χ1) is 15.6. The van der Waals surface area contributed by atoms with E-state index in [2.05, 4.69) is 39.6 Å². The number of carbonyl (C=O) groups is 1. The summed E-state index contributed by atoms with van der Waals surface area (Å²) in [4.78, 5) is 14.9. The molecule has 0 saturated carbocycles. The number of aryl methyl sites for hydroxylation is 1. The van der Waals surface area contributed by atoms with Crippen LogP contribution in [0.1, 0.15) is 35.3 Å². The van der Waals surface area contributed by atoms with E-state index in [1.165, 1.54) is 17.7 Å². The van der Waals surface area contributed by atoms with Crippen LogP contribution < -0.4 is 5.32 Å². The van der Waals surface area contributed by atoms with Gasteiger partial charge in [-0.2, -0.15) is 0 Å². The summed E-state index contributed by atoms with van der Waals surface area (Å²) >= 11 is 0. The molecule has 1 amide bonds. The molecule has 0 spiro atoms. The van der Waals surface area contributed by atoms with Gasteiger partial charge in [-0.1, -0.05) is 35.5 Å². The minimum Gasteiger partial charge on any atom is -0.355 e. The van der Waals surface area contributed by atoms with Crippen molar-refractivity contribution in [3.05, 3.63) is 77.5 Å². The fourth-order valence-corrected chi connectivity index (χ4v) is 4.09. The normalized spacial score (nSPS) is 15.1. The second-order valence-corrected chi connectivity index (χ2v) is 8.28. The molecule has 4 rings (SSSR count). The van der Waals surface area contributed by atoms with Crippen LogP contribution in [0.2, 0.25) is 0 Å². The lowest BCUT2D eigenvalue weighted by molar-refractivity contribution is 0.0927. The van der Waals surface area contributed by atoms with Crippen molar-refractivity contribution in [2.24, 2.45) is 5.92 Å². The number of nitrogens with zero attached hydrogens (tertiary/aromatic N) is 2. The van der Waals surface area contributed by atoms with Crippen molar-refractivity contribution in [3.63, 3.8) is 0 Å². The first-order valence-corrected chi connectivity index (χ1v) is 11.0. The average molecular weight is 440 g/mol. The fraction of sp³-hybridized carbons (Fsp3) is 0.360. The molecule has 3 aromatic rings. The molecule has 32 heavy (non-hydrogen) atoms. The summed E-state index contributed by atoms with van der Waals surface area (Å²) in [5.74, 6) is -1.27. The summed E-state index contributed by atoms with van der Waals surface area (Å²) in [6.07, 6.45) is 4.32. The van der Waals surface area contributed by atoms with Crippen LogP contribution in [0.4, 0.5) is 8.78 Å². The quantitative estimate of drug-likeness (QED) is 0.553. The van der Waals surface area contributed by atoms with Gasteiger partial charge in [-0.15, -0.1) is 0 Å². The first-order valence-electron chi connectivity index (χ1n) is 11.0. The molecular weight excluding hydrogens is 412 g/mol. The zero-order valence-corrected chi connectivity index (χ0v) is 17.9. The third kappa shape index (κ3) is 5.79. The van der Waals surface area contributed by atoms with Crippen molar-refractivity contribution in [1.82, 2.24) is 15.4 Å². The SMILES string of the molecule is O=C(NCC1CCN(CCCc2ccccc2)CC1)c1cc(-c2ccc(F)cc2F)on1. The van der Waals surface area contributed by atoms with Gasteiger partial charge in [-0.3, -0.25) is 4.79 Å². The molecule has 1 aromatic heterocycles. The van der Waals surface area contributed by atoms with Crippen LogP contribution in [-0.2, 0) is 6.42 Å². The van der Waals surface area contributed by atoms with Crippen molar-refractivity contribution in [2.75, 3.05) is 26.2 Å². The molecule has 1 N–H and O–H groups in total. The zero-order valence-electron chi connectivity index (χ0n) is 17.9. The van der Waals surface area contributed by atoms with Crippen molar-refractivity contribution < 1.29 is 18.1 Å². The lowest BCUT2D eigenvalue weighted by Gasteiger charge is -2.32. The average Bonchev–Trinajstić information content (AvgIpc) is 3.29. The van der Waals surface area contributed by atoms with Crippen LogP contribution in [0.25, 0.3) is 11.3 Å². The van der Waals surface area contributed by atoms with E-state index in [0.29, 0.717) is 12.5 Å². The minimum atomic E-state index is -0.761. The third-order valence-corrected chi connectivity index (χ3v) is 5.98. The maximum absolute atomic E-state index is 13.9. The van der Waals surface area contributed by atoms with E-state index >= 15 is 0 Å². The molecular formula is C25H27F2N3O2. The van der Waals surface area contributed by atoms with Crippen LogP contribution in [0, 0.1) is 17.6 Å². The lowest BCUT2D eigenvalue weighted by Crippen LogP contribution is -2.39. The predicted octanol–water partition coefficient (Wildman–Crippen LogP) is 4.69. The van der Waals surface area contributed by atoms with E-state index in [-0.39, 0.29) is 22.9 Å². The number of carbonyl (C=O) groups excluding carboxylic acids is 1. The van der Waals surface area contributed by atoms with Crippen LogP contribution in [0.5, 0.6) is 0 Å². The van der Waals surface area contributed by atoms with Gasteiger partial charge in [0, 0.05) is 18.7 Å². The summed E-state index contributed by atoms with van der Waals surface area (Å²) in [6.45, 7) is 3.74. The van der Waals surface area contributed by atoms with Gasteiger partial charge in [0.2, 0.25) is 0 Å². The van der Waals surface area contributed by atoms with Crippen LogP contribution in [0.3, 0.4) is 0 Å². The fourth-order valence-electron chi connectivity index (χ4n) is 4.09. The number of benzene rings is 2. The van der Waals surface area contributed by atoms with Gasteiger partial charge in [0.1, 0.15) is 11.6 Å². The second-order valence-electron chi connectivity index (χ2n) is 8.28. The summed E-state index contributed by atoms with van der Waals surface area (Å²) < 4.78 is 32.1. The highest BCUT2D eigenvalue weighted by Gasteiger charge is 2.21. The summed E-state index contributed by atoms with van der Waals surface area (Å²) in [7, 11) is 0. The van der Waals surface area contributed by atoms with E-state index in [0.717, 1.165) is 57.5 Å². The molecule has 168 valence electrons. The van der Waals surface area contributed by atoms with Crippen LogP contribution >= 0.6 is 0 Å². The Balaban J connectivity index is 1.19. The molecule has 7 heteroatoms. The Labute approximate surface area is 186 Å². The van der Waals surface area contributed by atoms with Crippen molar-refractivity contribution in [1.29, 1.82) is 0 Å². The highest BCUT2D eigenvalue weighted by Crippen LogP contribution is 2.24. The van der Waals surface area contributed by atoms with E-state index in [1.807, 2.05) is 6.07 Å². The maximum Gasteiger partial charge on any atom is 0.273 e. The monoisotopic (exact) mass is 439 g/mol. The van der Waals surface area contributed by atoms with E-state index in [9.17, 15) is 13.6 Å². The smallest absolute Gasteiger partial charge is 0.273 e. The van der Waals surface area contributed by atoms with Gasteiger partial charge < -0.3 is 14.7 Å². The van der Waals surface area contributed by atoms with Gasteiger partial charge in [0.15, 0.2) is 11.5 Å². The Morgan fingerprint density at radius 2 is 1.88 bits per heavy atom. The van der Waals surface area contributed by atoms with Crippen LogP contribution in [0.15, 0.2) is 59.1 Å². The number of hydrogen-bond donors (Lipinski definition) is 1. The Morgan fingerprint density at radius 1 is 1.09 bits per heavy atom. The van der Waals surface area contributed by atoms with E-state index < -0.39 is 11.6 Å². The Morgan fingerprint density at radius 3 is 2.62 bits per heavy atom. The zero-order chi connectivity index (χ0) is 22.3. The standard InChI is InChI=1S/C25H27F2N3O2/c26-20-8-9-21(22(27)15-20)24-16-23(29-32-24)25(31)28-17-19-10-13-30(14-11-19)12-4-7-18-5-2-1-3-6-18/h1-3,5-6,8-9,15-16,19H,4,7,10-14,17H2,(H,28,31). The van der Waals surface area contributed by atoms with Crippen molar-refractivity contribution in [3.8, 4) is 11.3 Å². The second kappa shape index (κ2) is 10.5. The molecule has 1 aliphatic rings. The molecule has 1 saturated heterocycles. The first kappa shape index (κ1) is 22.1. The van der Waals surface area contributed by atoms with Crippen LogP contribution in [-0.4, -0.2) is 42.1 Å². The number of halogens is 2. The number of rotatable bonds is 8. The predicted molar refractivity (Wildman–Crippen MR) is 118 cm³/mol. The summed E-state index contributed by atoms with van der Waals surface area (Å²) in [6, 6.07) is 15.1. The number of hydrogen-bond acceptors (Lipinski definition) is 4. The Hall–Kier alpha value is -3.06. The Kier molecular flexibility index (Phi) is 7.27. The summed E-state index contributed by atoms with van der Waals surface area (Å²) in [5, 5.41) is 6.64. The van der Waals surface area contributed by atoms with Gasteiger partial charge >= 0.3 is 0 Å². The molecule has 0 unspecified atom stereocenters. The molecule has 1 fully saturated rings. The molecule has 5 nitrogen and oxygen atoms in total. The molecule has 2 aromatic carbocycles. The van der Waals surface area contributed by atoms with E-state index in [4.69, 9.17) is 4.52 Å². The number of aromatic nitrogens is 1. The lowest BCUT2D eigenvalue weighted by atomic mass is 9.96. The van der Waals surface area contributed by atoms with Gasteiger partial charge in [0.25, 0.3) is 5.91 Å².